The Bertz CT molecular complexity index is 170. The predicted octanol–water partition coefficient (Wildman–Crippen LogP) is 1.31. The highest BCUT2D eigenvalue weighted by Crippen LogP contribution is 2.34. The first-order valence-corrected chi connectivity index (χ1v) is 4.58. The zero-order valence-corrected chi connectivity index (χ0v) is 6.97. The Kier molecular flexibility index (Phi) is 1.63. The van der Waals surface area contributed by atoms with Gasteiger partial charge in [-0.15, -0.1) is 0 Å². The highest BCUT2D eigenvalue weighted by molar-refractivity contribution is 5.81. The largest absolute Gasteiger partial charge is 0.353 e. The molecule has 2 aliphatic carbocycles. The van der Waals surface area contributed by atoms with E-state index in [1.54, 1.807) is 0 Å². The lowest BCUT2D eigenvalue weighted by molar-refractivity contribution is -0.123. The van der Waals surface area contributed by atoms with Crippen LogP contribution in [0.15, 0.2) is 0 Å². The lowest BCUT2D eigenvalue weighted by atomic mass is 10.2. The molecule has 1 amide bonds. The van der Waals surface area contributed by atoms with Gasteiger partial charge in [-0.3, -0.25) is 4.79 Å². The van der Waals surface area contributed by atoms with E-state index in [-0.39, 0.29) is 0 Å². The molecule has 62 valence electrons. The van der Waals surface area contributed by atoms with Gasteiger partial charge < -0.3 is 5.32 Å². The van der Waals surface area contributed by atoms with Crippen LogP contribution in [0.4, 0.5) is 0 Å². The molecule has 0 aromatic rings. The second-order valence-electron chi connectivity index (χ2n) is 3.91. The van der Waals surface area contributed by atoms with Crippen molar-refractivity contribution in [3.05, 3.63) is 0 Å². The standard InChI is InChI=1S/C9H15NO/c1-6(7-2-3-7)10-9(11)8-4-5-8/h6-8H,2-5H2,1H3,(H,10,11). The summed E-state index contributed by atoms with van der Waals surface area (Å²) in [7, 11) is 0. The molecular weight excluding hydrogens is 138 g/mol. The average Bonchev–Trinajstić information content (AvgIpc) is 2.84. The molecule has 1 N–H and O–H groups in total. The number of carbonyl (C=O) groups is 1. The Hall–Kier alpha value is -0.530. The second kappa shape index (κ2) is 2.50. The number of nitrogens with one attached hydrogen (secondary N) is 1. The van der Waals surface area contributed by atoms with Gasteiger partial charge in [0.25, 0.3) is 0 Å². The van der Waals surface area contributed by atoms with Crippen LogP contribution < -0.4 is 5.32 Å². The van der Waals surface area contributed by atoms with Crippen LogP contribution in [0.3, 0.4) is 0 Å². The van der Waals surface area contributed by atoms with Gasteiger partial charge in [0, 0.05) is 12.0 Å². The van der Waals surface area contributed by atoms with Gasteiger partial charge in [0.2, 0.25) is 5.91 Å². The summed E-state index contributed by atoms with van der Waals surface area (Å²) in [6.45, 7) is 2.12. The van der Waals surface area contributed by atoms with E-state index in [4.69, 9.17) is 0 Å². The molecule has 0 aromatic heterocycles. The van der Waals surface area contributed by atoms with Crippen LogP contribution in [0.1, 0.15) is 32.6 Å². The van der Waals surface area contributed by atoms with Crippen LogP contribution in [0, 0.1) is 11.8 Å². The number of amides is 1. The summed E-state index contributed by atoms with van der Waals surface area (Å²) in [5.74, 6) is 1.46. The summed E-state index contributed by atoms with van der Waals surface area (Å²) in [5.41, 5.74) is 0. The molecule has 1 unspecified atom stereocenters. The van der Waals surface area contributed by atoms with Gasteiger partial charge in [-0.1, -0.05) is 0 Å². The molecule has 2 nitrogen and oxygen atoms in total. The Morgan fingerprint density at radius 3 is 2.45 bits per heavy atom. The van der Waals surface area contributed by atoms with Crippen molar-refractivity contribution in [2.75, 3.05) is 0 Å². The molecule has 11 heavy (non-hydrogen) atoms. The fraction of sp³-hybridized carbons (Fsp3) is 0.889. The van der Waals surface area contributed by atoms with E-state index < -0.39 is 0 Å². The normalized spacial score (nSPS) is 26.3. The third-order valence-electron chi connectivity index (χ3n) is 2.65. The Labute approximate surface area is 67.4 Å². The Balaban J connectivity index is 1.74. The maximum Gasteiger partial charge on any atom is 0.223 e. The van der Waals surface area contributed by atoms with Crippen molar-refractivity contribution in [3.8, 4) is 0 Å². The molecule has 2 aliphatic rings. The molecule has 1 atom stereocenters. The van der Waals surface area contributed by atoms with Crippen molar-refractivity contribution in [1.82, 2.24) is 5.32 Å². The fourth-order valence-electron chi connectivity index (χ4n) is 1.40. The predicted molar refractivity (Wildman–Crippen MR) is 43.1 cm³/mol. The number of hydrogen-bond donors (Lipinski definition) is 1. The molecule has 2 saturated carbocycles. The lowest BCUT2D eigenvalue weighted by Crippen LogP contribution is -2.34. The fourth-order valence-corrected chi connectivity index (χ4v) is 1.40. The van der Waals surface area contributed by atoms with Crippen molar-refractivity contribution < 1.29 is 4.79 Å². The van der Waals surface area contributed by atoms with Crippen molar-refractivity contribution in [1.29, 1.82) is 0 Å². The van der Waals surface area contributed by atoms with Crippen LogP contribution in [0.2, 0.25) is 0 Å². The van der Waals surface area contributed by atoms with Gasteiger partial charge in [-0.2, -0.15) is 0 Å². The molecule has 2 fully saturated rings. The SMILES string of the molecule is CC(NC(=O)C1CC1)C1CC1. The van der Waals surface area contributed by atoms with E-state index in [2.05, 4.69) is 12.2 Å². The molecule has 2 rings (SSSR count). The lowest BCUT2D eigenvalue weighted by Gasteiger charge is -2.11. The minimum Gasteiger partial charge on any atom is -0.353 e. The maximum atomic E-state index is 11.2. The summed E-state index contributed by atoms with van der Waals surface area (Å²) in [6, 6.07) is 0.433. The molecule has 0 aliphatic heterocycles. The number of hydrogen-bond acceptors (Lipinski definition) is 1. The summed E-state index contributed by atoms with van der Waals surface area (Å²) >= 11 is 0. The summed E-state index contributed by atoms with van der Waals surface area (Å²) in [4.78, 5) is 11.2. The third-order valence-corrected chi connectivity index (χ3v) is 2.65. The van der Waals surface area contributed by atoms with Gasteiger partial charge in [0.1, 0.15) is 0 Å². The molecule has 0 aromatic carbocycles. The summed E-state index contributed by atoms with van der Waals surface area (Å²) in [6.07, 6.45) is 4.85. The molecule has 0 radical (unpaired) electrons. The molecule has 0 bridgehead atoms. The van der Waals surface area contributed by atoms with Crippen LogP contribution >= 0.6 is 0 Å². The van der Waals surface area contributed by atoms with Gasteiger partial charge in [-0.05, 0) is 38.5 Å². The Morgan fingerprint density at radius 1 is 1.36 bits per heavy atom. The first kappa shape index (κ1) is 7.14. The highest BCUT2D eigenvalue weighted by atomic mass is 16.2. The van der Waals surface area contributed by atoms with Gasteiger partial charge in [0.15, 0.2) is 0 Å². The van der Waals surface area contributed by atoms with Gasteiger partial charge >= 0.3 is 0 Å². The maximum absolute atomic E-state index is 11.2. The third kappa shape index (κ3) is 1.73. The average molecular weight is 153 g/mol. The Morgan fingerprint density at radius 2 is 2.00 bits per heavy atom. The van der Waals surface area contributed by atoms with Crippen LogP contribution in [-0.4, -0.2) is 11.9 Å². The van der Waals surface area contributed by atoms with E-state index >= 15 is 0 Å². The van der Waals surface area contributed by atoms with Crippen molar-refractivity contribution in [2.24, 2.45) is 11.8 Å². The van der Waals surface area contributed by atoms with Gasteiger partial charge in [-0.25, -0.2) is 0 Å². The first-order valence-electron chi connectivity index (χ1n) is 4.58. The van der Waals surface area contributed by atoms with Crippen molar-refractivity contribution in [3.63, 3.8) is 0 Å². The monoisotopic (exact) mass is 153 g/mol. The van der Waals surface area contributed by atoms with Crippen LogP contribution in [0.25, 0.3) is 0 Å². The van der Waals surface area contributed by atoms with Gasteiger partial charge in [0.05, 0.1) is 0 Å². The van der Waals surface area contributed by atoms with E-state index in [0.29, 0.717) is 17.9 Å². The molecule has 2 heteroatoms. The minimum atomic E-state index is 0.296. The van der Waals surface area contributed by atoms with E-state index in [1.165, 1.54) is 12.8 Å². The van der Waals surface area contributed by atoms with E-state index in [9.17, 15) is 4.79 Å². The van der Waals surface area contributed by atoms with Crippen LogP contribution in [-0.2, 0) is 4.79 Å². The number of carbonyl (C=O) groups excluding carboxylic acids is 1. The summed E-state index contributed by atoms with van der Waals surface area (Å²) < 4.78 is 0. The van der Waals surface area contributed by atoms with Crippen LogP contribution in [0.5, 0.6) is 0 Å². The molecular formula is C9H15NO. The van der Waals surface area contributed by atoms with Crippen molar-refractivity contribution >= 4 is 5.91 Å². The molecule has 0 heterocycles. The molecule has 0 spiro atoms. The zero-order valence-electron chi connectivity index (χ0n) is 6.97. The quantitative estimate of drug-likeness (QED) is 0.650. The molecule has 0 saturated heterocycles. The van der Waals surface area contributed by atoms with E-state index in [1.807, 2.05) is 0 Å². The zero-order chi connectivity index (χ0) is 7.84. The highest BCUT2D eigenvalue weighted by Gasteiger charge is 2.34. The first-order chi connectivity index (χ1) is 5.27. The smallest absolute Gasteiger partial charge is 0.223 e. The topological polar surface area (TPSA) is 29.1 Å². The number of rotatable bonds is 3. The summed E-state index contributed by atoms with van der Waals surface area (Å²) in [5, 5.41) is 3.06. The minimum absolute atomic E-state index is 0.296. The van der Waals surface area contributed by atoms with Crippen molar-refractivity contribution in [2.45, 2.75) is 38.6 Å². The van der Waals surface area contributed by atoms with E-state index in [0.717, 1.165) is 18.8 Å². The second-order valence-corrected chi connectivity index (χ2v) is 3.91.